The average molecular weight is 523 g/mol. The van der Waals surface area contributed by atoms with Gasteiger partial charge in [-0.25, -0.2) is 0 Å². The minimum Gasteiger partial charge on any atom is -0.507 e. The number of aromatic hydroxyl groups is 1. The van der Waals surface area contributed by atoms with Crippen molar-refractivity contribution in [1.82, 2.24) is 0 Å². The molecule has 0 saturated heterocycles. The molecule has 1 heterocycles. The molecule has 1 aromatic carbocycles. The first-order valence-corrected chi connectivity index (χ1v) is 12.3. The van der Waals surface area contributed by atoms with Gasteiger partial charge in [-0.2, -0.15) is 0 Å². The van der Waals surface area contributed by atoms with Crippen LogP contribution in [0.25, 0.3) is 0 Å². The summed E-state index contributed by atoms with van der Waals surface area (Å²) in [6.45, 7) is 3.35. The molecule has 38 heavy (non-hydrogen) atoms. The first-order chi connectivity index (χ1) is 17.9. The highest BCUT2D eigenvalue weighted by molar-refractivity contribution is 6.32. The SMILES string of the molecule is CC(C)[C@@H]1C(=O)C(C(N)=O)C(=O)[C@@]2(O)C(=O)C3C(=O)c4c(O)ccc(NC(=O)c5ccco5)c4C[C@H]3C[C@@H]12. The lowest BCUT2D eigenvalue weighted by Gasteiger charge is -2.52. The van der Waals surface area contributed by atoms with Crippen molar-refractivity contribution in [2.75, 3.05) is 5.32 Å². The fourth-order valence-electron chi connectivity index (χ4n) is 6.56. The number of fused-ring (bicyclic) bond motifs is 3. The maximum atomic E-state index is 13.8. The number of furan rings is 1. The highest BCUT2D eigenvalue weighted by atomic mass is 16.3. The fraction of sp³-hybridized carbons (Fsp3) is 0.407. The third-order valence-electron chi connectivity index (χ3n) is 8.19. The Morgan fingerprint density at radius 2 is 1.84 bits per heavy atom. The maximum absolute atomic E-state index is 13.8. The molecule has 2 fully saturated rings. The van der Waals surface area contributed by atoms with E-state index in [9.17, 15) is 39.0 Å². The topological polar surface area (TPSA) is 194 Å². The van der Waals surface area contributed by atoms with E-state index in [0.717, 1.165) is 0 Å². The highest BCUT2D eigenvalue weighted by Crippen LogP contribution is 2.53. The van der Waals surface area contributed by atoms with Crippen LogP contribution in [0.15, 0.2) is 34.9 Å². The molecule has 2 amide bonds. The summed E-state index contributed by atoms with van der Waals surface area (Å²) in [5.41, 5.74) is 2.89. The molecular weight excluding hydrogens is 496 g/mol. The lowest BCUT2D eigenvalue weighted by atomic mass is 9.50. The minimum atomic E-state index is -2.75. The lowest BCUT2D eigenvalue weighted by Crippen LogP contribution is -2.71. The predicted octanol–water partition coefficient (Wildman–Crippen LogP) is 1.05. The quantitative estimate of drug-likeness (QED) is 0.335. The van der Waals surface area contributed by atoms with E-state index in [-0.39, 0.29) is 29.9 Å². The molecule has 6 atom stereocenters. The first kappa shape index (κ1) is 25.5. The molecule has 2 aromatic rings. The van der Waals surface area contributed by atoms with Crippen LogP contribution in [0.2, 0.25) is 0 Å². The molecule has 2 unspecified atom stereocenters. The van der Waals surface area contributed by atoms with Gasteiger partial charge in [0.1, 0.15) is 5.75 Å². The second-order valence-electron chi connectivity index (χ2n) is 10.6. The van der Waals surface area contributed by atoms with Gasteiger partial charge in [-0.15, -0.1) is 0 Å². The average Bonchev–Trinajstić information content (AvgIpc) is 3.38. The zero-order valence-electron chi connectivity index (χ0n) is 20.6. The van der Waals surface area contributed by atoms with E-state index in [4.69, 9.17) is 10.2 Å². The van der Waals surface area contributed by atoms with Crippen LogP contribution < -0.4 is 11.1 Å². The summed E-state index contributed by atoms with van der Waals surface area (Å²) in [5, 5.41) is 24.8. The van der Waals surface area contributed by atoms with Gasteiger partial charge in [-0.1, -0.05) is 13.8 Å². The molecule has 5 N–H and O–H groups in total. The number of carbonyl (C=O) groups is 6. The van der Waals surface area contributed by atoms with Crippen LogP contribution in [-0.4, -0.2) is 50.8 Å². The summed E-state index contributed by atoms with van der Waals surface area (Å²) in [5.74, 6) is -13.1. The number of ketones is 4. The van der Waals surface area contributed by atoms with Gasteiger partial charge in [0.15, 0.2) is 40.4 Å². The summed E-state index contributed by atoms with van der Waals surface area (Å²) in [6.07, 6.45) is 1.31. The molecule has 11 heteroatoms. The smallest absolute Gasteiger partial charge is 0.291 e. The molecule has 198 valence electrons. The number of phenols is 1. The Balaban J connectivity index is 1.59. The van der Waals surface area contributed by atoms with Gasteiger partial charge in [0.25, 0.3) is 5.91 Å². The molecular formula is C27H26N2O9. The van der Waals surface area contributed by atoms with Crippen molar-refractivity contribution >= 4 is 40.6 Å². The van der Waals surface area contributed by atoms with Crippen LogP contribution in [-0.2, 0) is 25.6 Å². The van der Waals surface area contributed by atoms with Crippen LogP contribution in [0.4, 0.5) is 5.69 Å². The van der Waals surface area contributed by atoms with E-state index in [1.165, 1.54) is 30.5 Å². The third-order valence-corrected chi connectivity index (χ3v) is 8.19. The Morgan fingerprint density at radius 1 is 1.13 bits per heavy atom. The Hall–Kier alpha value is -4.12. The zero-order valence-corrected chi connectivity index (χ0v) is 20.6. The molecule has 0 bridgehead atoms. The first-order valence-electron chi connectivity index (χ1n) is 12.3. The van der Waals surface area contributed by atoms with Crippen LogP contribution in [0, 0.1) is 35.5 Å². The van der Waals surface area contributed by atoms with Gasteiger partial charge in [0.05, 0.1) is 17.7 Å². The number of nitrogens with one attached hydrogen (secondary N) is 1. The number of carbonyl (C=O) groups excluding carboxylic acids is 6. The lowest BCUT2D eigenvalue weighted by molar-refractivity contribution is -0.182. The van der Waals surface area contributed by atoms with E-state index in [2.05, 4.69) is 5.32 Å². The number of hydrogen-bond acceptors (Lipinski definition) is 9. The van der Waals surface area contributed by atoms with Crippen LogP contribution in [0.1, 0.15) is 46.7 Å². The number of rotatable bonds is 4. The molecule has 0 radical (unpaired) electrons. The number of anilines is 1. The fourth-order valence-corrected chi connectivity index (χ4v) is 6.56. The molecule has 3 aliphatic rings. The van der Waals surface area contributed by atoms with E-state index < -0.39 is 81.8 Å². The number of Topliss-reactive ketones (excluding diaryl/α,β-unsaturated/α-hetero) is 4. The van der Waals surface area contributed by atoms with Crippen molar-refractivity contribution < 1.29 is 43.4 Å². The summed E-state index contributed by atoms with van der Waals surface area (Å²) >= 11 is 0. The van der Waals surface area contributed by atoms with Gasteiger partial charge >= 0.3 is 0 Å². The normalized spacial score (nSPS) is 30.5. The van der Waals surface area contributed by atoms with Crippen molar-refractivity contribution in [3.05, 3.63) is 47.4 Å². The van der Waals surface area contributed by atoms with Gasteiger partial charge in [-0.3, -0.25) is 28.8 Å². The molecule has 2 saturated carbocycles. The van der Waals surface area contributed by atoms with Crippen molar-refractivity contribution in [2.45, 2.75) is 32.3 Å². The summed E-state index contributed by atoms with van der Waals surface area (Å²) in [7, 11) is 0. The second kappa shape index (κ2) is 8.73. The number of aliphatic hydroxyl groups is 1. The molecule has 0 aliphatic heterocycles. The Labute approximate surface area is 216 Å². The summed E-state index contributed by atoms with van der Waals surface area (Å²) < 4.78 is 5.11. The van der Waals surface area contributed by atoms with Gasteiger partial charge < -0.3 is 25.7 Å². The van der Waals surface area contributed by atoms with Crippen LogP contribution in [0.5, 0.6) is 5.75 Å². The van der Waals surface area contributed by atoms with Gasteiger partial charge in [0.2, 0.25) is 5.91 Å². The molecule has 3 aliphatic carbocycles. The number of phenolic OH excluding ortho intramolecular Hbond substituents is 1. The predicted molar refractivity (Wildman–Crippen MR) is 129 cm³/mol. The van der Waals surface area contributed by atoms with E-state index in [1.807, 2.05) is 0 Å². The maximum Gasteiger partial charge on any atom is 0.291 e. The highest BCUT2D eigenvalue weighted by Gasteiger charge is 2.69. The summed E-state index contributed by atoms with van der Waals surface area (Å²) in [4.78, 5) is 78.6. The van der Waals surface area contributed by atoms with E-state index in [1.54, 1.807) is 13.8 Å². The Morgan fingerprint density at radius 3 is 2.45 bits per heavy atom. The summed E-state index contributed by atoms with van der Waals surface area (Å²) in [6, 6.07) is 5.60. The number of benzene rings is 1. The van der Waals surface area contributed by atoms with Crippen molar-refractivity contribution in [1.29, 1.82) is 0 Å². The largest absolute Gasteiger partial charge is 0.507 e. The Bertz CT molecular complexity index is 1410. The van der Waals surface area contributed by atoms with E-state index in [0.29, 0.717) is 5.56 Å². The van der Waals surface area contributed by atoms with Crippen LogP contribution >= 0.6 is 0 Å². The van der Waals surface area contributed by atoms with Gasteiger partial charge in [-0.05, 0) is 54.5 Å². The second-order valence-corrected chi connectivity index (χ2v) is 10.6. The standard InChI is InChI=1S/C27H26N2O9/c1-10(2)17-13-9-11-8-12-14(29-26(36)16-4-3-7-38-16)5-6-15(30)19(12)22(32)18(11)23(33)27(13,37)24(34)20(21(17)31)25(28)35/h3-7,10-11,13,17-18,20,30,37H,8-9H2,1-2H3,(H2,28,35)(H,29,36)/t11-,13-,17-,18?,20?,27-/m0/s1. The van der Waals surface area contributed by atoms with Crippen LogP contribution in [0.3, 0.4) is 0 Å². The molecule has 1 aromatic heterocycles. The van der Waals surface area contributed by atoms with Crippen molar-refractivity contribution in [3.63, 3.8) is 0 Å². The molecule has 11 nitrogen and oxygen atoms in total. The minimum absolute atomic E-state index is 0.0211. The van der Waals surface area contributed by atoms with Gasteiger partial charge in [0, 0.05) is 17.5 Å². The Kier molecular flexibility index (Phi) is 5.86. The number of nitrogens with two attached hydrogens (primary N) is 1. The van der Waals surface area contributed by atoms with E-state index >= 15 is 0 Å². The van der Waals surface area contributed by atoms with Crippen molar-refractivity contribution in [2.24, 2.45) is 41.2 Å². The van der Waals surface area contributed by atoms with Crippen molar-refractivity contribution in [3.8, 4) is 5.75 Å². The third kappa shape index (κ3) is 3.45. The zero-order chi connectivity index (χ0) is 27.7. The number of hydrogen-bond donors (Lipinski definition) is 4. The molecule has 0 spiro atoms. The number of amides is 2. The number of primary amides is 1. The molecule has 5 rings (SSSR count). The monoisotopic (exact) mass is 522 g/mol.